The Labute approximate surface area is 237 Å². The summed E-state index contributed by atoms with van der Waals surface area (Å²) in [6.45, 7) is 5.32. The van der Waals surface area contributed by atoms with Crippen LogP contribution in [0.5, 0.6) is 5.75 Å². The van der Waals surface area contributed by atoms with Crippen molar-refractivity contribution in [1.82, 2.24) is 4.90 Å². The lowest BCUT2D eigenvalue weighted by Gasteiger charge is -2.26. The number of anilines is 1. The maximum atomic E-state index is 13.4. The number of carbonyl (C=O) groups excluding carboxylic acids is 1. The molecule has 3 aromatic carbocycles. The number of nitrogens with zero attached hydrogens (tertiary/aromatic N) is 2. The lowest BCUT2D eigenvalue weighted by Crippen LogP contribution is -2.34. The number of halogens is 4. The van der Waals surface area contributed by atoms with E-state index in [1.54, 1.807) is 36.4 Å². The summed E-state index contributed by atoms with van der Waals surface area (Å²) in [5, 5.41) is 0.246. The highest BCUT2D eigenvalue weighted by molar-refractivity contribution is 7.87. The van der Waals surface area contributed by atoms with Crippen molar-refractivity contribution in [2.75, 3.05) is 38.3 Å². The van der Waals surface area contributed by atoms with Crippen LogP contribution >= 0.6 is 11.6 Å². The van der Waals surface area contributed by atoms with Gasteiger partial charge in [-0.15, -0.1) is 0 Å². The van der Waals surface area contributed by atoms with Crippen molar-refractivity contribution in [2.24, 2.45) is 0 Å². The molecular formula is C28H30ClF3N2O5S. The first-order chi connectivity index (χ1) is 18.9. The van der Waals surface area contributed by atoms with Crippen molar-refractivity contribution < 1.29 is 35.3 Å². The van der Waals surface area contributed by atoms with Crippen LogP contribution in [0.15, 0.2) is 71.6 Å². The average Bonchev–Trinajstić information content (AvgIpc) is 2.92. The summed E-state index contributed by atoms with van der Waals surface area (Å²) >= 11 is 6.25. The van der Waals surface area contributed by atoms with E-state index in [1.807, 2.05) is 18.7 Å². The predicted octanol–water partition coefficient (Wildman–Crippen LogP) is 6.26. The van der Waals surface area contributed by atoms with Crippen LogP contribution < -0.4 is 9.08 Å². The Hall–Kier alpha value is -3.28. The highest BCUT2D eigenvalue weighted by Crippen LogP contribution is 2.33. The summed E-state index contributed by atoms with van der Waals surface area (Å²) in [7, 11) is -3.19. The Morgan fingerprint density at radius 3 is 2.30 bits per heavy atom. The van der Waals surface area contributed by atoms with Gasteiger partial charge in [0.25, 0.3) is 5.91 Å². The first kappa shape index (κ1) is 31.3. The van der Waals surface area contributed by atoms with Crippen LogP contribution in [0.3, 0.4) is 0 Å². The Balaban J connectivity index is 2.06. The molecule has 12 heteroatoms. The molecule has 0 spiro atoms. The highest BCUT2D eigenvalue weighted by Gasteiger charge is 2.32. The minimum absolute atomic E-state index is 0.0839. The Kier molecular flexibility index (Phi) is 10.5. The topological polar surface area (TPSA) is 76.2 Å². The SMILES string of the molecule is CCN(CC)c1ccc(CN(CCOC)C(=O)c2ccccc2Cl)c(OS(=O)(=O)c2cccc(C(F)(F)F)c2)c1. The van der Waals surface area contributed by atoms with Gasteiger partial charge in [-0.3, -0.25) is 4.79 Å². The van der Waals surface area contributed by atoms with Crippen LogP contribution in [0, 0.1) is 0 Å². The number of rotatable bonds is 12. The van der Waals surface area contributed by atoms with E-state index in [0.29, 0.717) is 30.4 Å². The number of hydrogen-bond donors (Lipinski definition) is 0. The van der Waals surface area contributed by atoms with Gasteiger partial charge in [-0.1, -0.05) is 35.9 Å². The summed E-state index contributed by atoms with van der Waals surface area (Å²) in [4.78, 5) is 16.1. The van der Waals surface area contributed by atoms with E-state index in [2.05, 4.69) is 0 Å². The van der Waals surface area contributed by atoms with Gasteiger partial charge in [0.15, 0.2) is 0 Å². The second kappa shape index (κ2) is 13.4. The van der Waals surface area contributed by atoms with E-state index in [-0.39, 0.29) is 36.0 Å². The number of alkyl halides is 3. The normalized spacial score (nSPS) is 11.8. The Morgan fingerprint density at radius 1 is 0.975 bits per heavy atom. The molecule has 0 aromatic heterocycles. The zero-order valence-electron chi connectivity index (χ0n) is 22.2. The van der Waals surface area contributed by atoms with Gasteiger partial charge in [0.1, 0.15) is 10.6 Å². The second-order valence-corrected chi connectivity index (χ2v) is 10.7. The molecule has 0 unspecified atom stereocenters. The van der Waals surface area contributed by atoms with E-state index in [4.69, 9.17) is 20.5 Å². The van der Waals surface area contributed by atoms with Crippen LogP contribution in [0.1, 0.15) is 35.3 Å². The van der Waals surface area contributed by atoms with Crippen molar-refractivity contribution in [3.05, 3.63) is 88.4 Å². The van der Waals surface area contributed by atoms with Gasteiger partial charge in [-0.25, -0.2) is 0 Å². The number of amides is 1. The van der Waals surface area contributed by atoms with Gasteiger partial charge in [0, 0.05) is 50.6 Å². The smallest absolute Gasteiger partial charge is 0.383 e. The fourth-order valence-electron chi connectivity index (χ4n) is 4.00. The van der Waals surface area contributed by atoms with Crippen molar-refractivity contribution in [3.8, 4) is 5.75 Å². The monoisotopic (exact) mass is 598 g/mol. The summed E-state index contributed by atoms with van der Waals surface area (Å²) in [5.74, 6) is -0.529. The van der Waals surface area contributed by atoms with E-state index >= 15 is 0 Å². The third-order valence-electron chi connectivity index (χ3n) is 6.15. The molecule has 1 amide bonds. The lowest BCUT2D eigenvalue weighted by molar-refractivity contribution is -0.137. The number of methoxy groups -OCH3 is 1. The molecule has 0 radical (unpaired) electrons. The summed E-state index contributed by atoms with van der Waals surface area (Å²) in [5.41, 5.74) is 0.0938. The molecule has 0 aliphatic rings. The lowest BCUT2D eigenvalue weighted by atomic mass is 10.1. The molecular weight excluding hydrogens is 569 g/mol. The van der Waals surface area contributed by atoms with Crippen molar-refractivity contribution >= 4 is 33.3 Å². The molecule has 0 aliphatic carbocycles. The maximum absolute atomic E-state index is 13.4. The average molecular weight is 599 g/mol. The minimum Gasteiger partial charge on any atom is -0.383 e. The molecule has 216 valence electrons. The zero-order chi connectivity index (χ0) is 29.5. The van der Waals surface area contributed by atoms with Crippen molar-refractivity contribution in [1.29, 1.82) is 0 Å². The molecule has 0 saturated carbocycles. The highest BCUT2D eigenvalue weighted by atomic mass is 35.5. The molecule has 3 rings (SSSR count). The second-order valence-electron chi connectivity index (χ2n) is 8.73. The van der Waals surface area contributed by atoms with Crippen molar-refractivity contribution in [2.45, 2.75) is 31.5 Å². The van der Waals surface area contributed by atoms with E-state index in [9.17, 15) is 26.4 Å². The molecule has 0 N–H and O–H groups in total. The molecule has 3 aromatic rings. The van der Waals surface area contributed by atoms with Crippen LogP contribution in [-0.2, 0) is 27.6 Å². The van der Waals surface area contributed by atoms with Crippen LogP contribution in [0.2, 0.25) is 5.02 Å². The first-order valence-corrected chi connectivity index (χ1v) is 14.2. The number of benzene rings is 3. The molecule has 0 atom stereocenters. The Morgan fingerprint density at radius 2 is 1.68 bits per heavy atom. The summed E-state index contributed by atoms with van der Waals surface area (Å²) in [6, 6.07) is 14.7. The van der Waals surface area contributed by atoms with Gasteiger partial charge in [0.2, 0.25) is 0 Å². The molecule has 0 aliphatic heterocycles. The predicted molar refractivity (Wildman–Crippen MR) is 147 cm³/mol. The number of ether oxygens (including phenoxy) is 1. The van der Waals surface area contributed by atoms with E-state index in [1.165, 1.54) is 18.1 Å². The molecule has 0 saturated heterocycles. The van der Waals surface area contributed by atoms with Gasteiger partial charge in [0.05, 0.1) is 22.8 Å². The van der Waals surface area contributed by atoms with E-state index < -0.39 is 32.7 Å². The van der Waals surface area contributed by atoms with Crippen LogP contribution in [-0.4, -0.2) is 52.6 Å². The fraction of sp³-hybridized carbons (Fsp3) is 0.321. The molecule has 0 heterocycles. The van der Waals surface area contributed by atoms with Gasteiger partial charge >= 0.3 is 16.3 Å². The molecule has 7 nitrogen and oxygen atoms in total. The largest absolute Gasteiger partial charge is 0.416 e. The quantitative estimate of drug-likeness (QED) is 0.229. The van der Waals surface area contributed by atoms with Crippen LogP contribution in [0.25, 0.3) is 0 Å². The third kappa shape index (κ3) is 7.67. The van der Waals surface area contributed by atoms with E-state index in [0.717, 1.165) is 18.2 Å². The van der Waals surface area contributed by atoms with Crippen molar-refractivity contribution in [3.63, 3.8) is 0 Å². The maximum Gasteiger partial charge on any atom is 0.416 e. The summed E-state index contributed by atoms with van der Waals surface area (Å²) in [6.07, 6.45) is -4.74. The fourth-order valence-corrected chi connectivity index (χ4v) is 5.22. The number of hydrogen-bond acceptors (Lipinski definition) is 6. The summed E-state index contributed by atoms with van der Waals surface area (Å²) < 4.78 is 76.8. The molecule has 0 fully saturated rings. The molecule has 40 heavy (non-hydrogen) atoms. The van der Waals surface area contributed by atoms with Gasteiger partial charge < -0.3 is 18.7 Å². The molecule has 0 bridgehead atoms. The Bertz CT molecular complexity index is 1430. The van der Waals surface area contributed by atoms with Gasteiger partial charge in [-0.2, -0.15) is 21.6 Å². The van der Waals surface area contributed by atoms with Gasteiger partial charge in [-0.05, 0) is 50.2 Å². The first-order valence-electron chi connectivity index (χ1n) is 12.4. The van der Waals surface area contributed by atoms with Crippen LogP contribution in [0.4, 0.5) is 18.9 Å². The minimum atomic E-state index is -4.74. The third-order valence-corrected chi connectivity index (χ3v) is 7.71. The number of carbonyl (C=O) groups is 1. The standard InChI is InChI=1S/C28H30ClF3N2O5S/c1-4-33(5-2)22-14-13-20(19-34(15-16-38-3)27(35)24-11-6-7-12-25(24)29)26(18-22)39-40(36,37)23-10-8-9-21(17-23)28(30,31)32/h6-14,17-18H,4-5,15-16,19H2,1-3H3. The zero-order valence-corrected chi connectivity index (χ0v) is 23.8.